The number of thioether (sulfide) groups is 1. The van der Waals surface area contributed by atoms with Gasteiger partial charge >= 0.3 is 0 Å². The van der Waals surface area contributed by atoms with Crippen molar-refractivity contribution in [2.75, 3.05) is 11.1 Å². The van der Waals surface area contributed by atoms with Crippen LogP contribution in [-0.2, 0) is 0 Å². The summed E-state index contributed by atoms with van der Waals surface area (Å²) in [6, 6.07) is 5.54. The highest BCUT2D eigenvalue weighted by Crippen LogP contribution is 2.30. The van der Waals surface area contributed by atoms with E-state index in [-0.39, 0.29) is 5.82 Å². The van der Waals surface area contributed by atoms with Crippen LogP contribution >= 0.6 is 27.7 Å². The molecular weight excluding hydrogens is 277 g/mol. The molecule has 15 heavy (non-hydrogen) atoms. The fourth-order valence-electron chi connectivity index (χ4n) is 1.73. The molecule has 0 radical (unpaired) electrons. The first-order valence-corrected chi connectivity index (χ1v) is 6.84. The highest BCUT2D eigenvalue weighted by atomic mass is 79.9. The Morgan fingerprint density at radius 3 is 2.93 bits per heavy atom. The smallest absolute Gasteiger partial charge is 0.147 e. The second-order valence-electron chi connectivity index (χ2n) is 3.74. The summed E-state index contributed by atoms with van der Waals surface area (Å²) in [5, 5.41) is 3.83. The van der Waals surface area contributed by atoms with Gasteiger partial charge in [0.1, 0.15) is 5.82 Å². The van der Waals surface area contributed by atoms with Gasteiger partial charge in [-0.15, -0.1) is 0 Å². The lowest BCUT2D eigenvalue weighted by molar-refractivity contribution is 0.621. The van der Waals surface area contributed by atoms with Crippen LogP contribution in [0.5, 0.6) is 0 Å². The minimum atomic E-state index is -0.187. The van der Waals surface area contributed by atoms with Crippen molar-refractivity contribution in [2.24, 2.45) is 0 Å². The summed E-state index contributed by atoms with van der Waals surface area (Å²) in [5.74, 6) is 0.977. The van der Waals surface area contributed by atoms with Gasteiger partial charge < -0.3 is 5.32 Å². The molecule has 1 aromatic carbocycles. The number of anilines is 1. The van der Waals surface area contributed by atoms with Crippen LogP contribution in [0, 0.1) is 5.82 Å². The summed E-state index contributed by atoms with van der Waals surface area (Å²) in [6.07, 6.45) is 1.11. The third-order valence-electron chi connectivity index (χ3n) is 2.65. The van der Waals surface area contributed by atoms with Crippen molar-refractivity contribution in [1.29, 1.82) is 0 Å². The lowest BCUT2D eigenvalue weighted by Gasteiger charge is -2.18. The molecule has 1 nitrogen and oxygen atoms in total. The summed E-state index contributed by atoms with van der Waals surface area (Å²) in [6.45, 7) is 2.19. The van der Waals surface area contributed by atoms with Gasteiger partial charge in [-0.1, -0.05) is 22.9 Å². The highest BCUT2D eigenvalue weighted by molar-refractivity contribution is 9.10. The van der Waals surface area contributed by atoms with E-state index in [1.807, 2.05) is 17.8 Å². The van der Waals surface area contributed by atoms with Gasteiger partial charge in [0.2, 0.25) is 0 Å². The molecule has 1 N–H and O–H groups in total. The minimum absolute atomic E-state index is 0.187. The van der Waals surface area contributed by atoms with Crippen LogP contribution in [0.2, 0.25) is 0 Å². The number of rotatable bonds is 2. The largest absolute Gasteiger partial charge is 0.379 e. The lowest BCUT2D eigenvalue weighted by atomic mass is 10.1. The molecule has 0 spiro atoms. The number of halogens is 2. The van der Waals surface area contributed by atoms with Crippen LogP contribution in [0.4, 0.5) is 10.1 Å². The Kier molecular flexibility index (Phi) is 3.57. The quantitative estimate of drug-likeness (QED) is 0.886. The van der Waals surface area contributed by atoms with Gasteiger partial charge in [-0.05, 0) is 30.4 Å². The molecule has 1 aliphatic rings. The van der Waals surface area contributed by atoms with E-state index < -0.39 is 0 Å². The Balaban J connectivity index is 2.10. The van der Waals surface area contributed by atoms with Gasteiger partial charge in [0, 0.05) is 15.8 Å². The molecule has 2 atom stereocenters. The Hall–Kier alpha value is -0.220. The second-order valence-corrected chi connectivity index (χ2v) is 6.14. The fraction of sp³-hybridized carbons (Fsp3) is 0.455. The first-order chi connectivity index (χ1) is 7.16. The van der Waals surface area contributed by atoms with Gasteiger partial charge in [0.15, 0.2) is 0 Å². The second kappa shape index (κ2) is 4.74. The van der Waals surface area contributed by atoms with Crippen molar-refractivity contribution in [3.05, 3.63) is 28.5 Å². The van der Waals surface area contributed by atoms with E-state index in [2.05, 4.69) is 28.2 Å². The van der Waals surface area contributed by atoms with Crippen molar-refractivity contribution >= 4 is 33.4 Å². The predicted octanol–water partition coefficient (Wildman–Crippen LogP) is 3.89. The number of hydrogen-bond donors (Lipinski definition) is 1. The average Bonchev–Trinajstić information content (AvgIpc) is 2.57. The van der Waals surface area contributed by atoms with Crippen molar-refractivity contribution in [3.63, 3.8) is 0 Å². The van der Waals surface area contributed by atoms with E-state index in [0.29, 0.717) is 17.0 Å². The highest BCUT2D eigenvalue weighted by Gasteiger charge is 2.24. The van der Waals surface area contributed by atoms with E-state index in [1.165, 1.54) is 6.07 Å². The molecule has 1 aliphatic heterocycles. The Labute approximate surface area is 102 Å². The van der Waals surface area contributed by atoms with Crippen LogP contribution in [0.3, 0.4) is 0 Å². The van der Waals surface area contributed by atoms with Crippen molar-refractivity contribution in [2.45, 2.75) is 24.6 Å². The number of nitrogens with one attached hydrogen (secondary N) is 1. The third-order valence-corrected chi connectivity index (χ3v) is 4.47. The fourth-order valence-corrected chi connectivity index (χ4v) is 3.26. The van der Waals surface area contributed by atoms with Crippen LogP contribution in [0.1, 0.15) is 13.3 Å². The molecule has 0 amide bonds. The zero-order valence-corrected chi connectivity index (χ0v) is 10.9. The summed E-state index contributed by atoms with van der Waals surface area (Å²) >= 11 is 5.19. The third kappa shape index (κ3) is 2.67. The molecule has 4 heteroatoms. The molecule has 1 heterocycles. The topological polar surface area (TPSA) is 12.0 Å². The Bertz CT molecular complexity index is 358. The molecule has 1 fully saturated rings. The normalized spacial score (nSPS) is 25.5. The van der Waals surface area contributed by atoms with E-state index in [9.17, 15) is 4.39 Å². The molecular formula is C11H13BrFNS. The standard InChI is InChI=1S/C11H13BrFNS/c1-7-10(4-5-15-7)14-11-3-2-8(12)6-9(11)13/h2-3,6-7,10,14H,4-5H2,1H3. The minimum Gasteiger partial charge on any atom is -0.379 e. The van der Waals surface area contributed by atoms with Crippen molar-refractivity contribution < 1.29 is 4.39 Å². The molecule has 0 saturated carbocycles. The zero-order chi connectivity index (χ0) is 10.8. The first-order valence-electron chi connectivity index (χ1n) is 5.00. The summed E-state index contributed by atoms with van der Waals surface area (Å²) in [7, 11) is 0. The van der Waals surface area contributed by atoms with Gasteiger partial charge in [0.25, 0.3) is 0 Å². The van der Waals surface area contributed by atoms with E-state index in [1.54, 1.807) is 6.07 Å². The Morgan fingerprint density at radius 1 is 1.53 bits per heavy atom. The maximum absolute atomic E-state index is 13.5. The van der Waals surface area contributed by atoms with E-state index >= 15 is 0 Å². The molecule has 2 unspecified atom stereocenters. The average molecular weight is 290 g/mol. The summed E-state index contributed by atoms with van der Waals surface area (Å²) < 4.78 is 14.3. The maximum Gasteiger partial charge on any atom is 0.147 e. The maximum atomic E-state index is 13.5. The van der Waals surface area contributed by atoms with E-state index in [0.717, 1.165) is 16.6 Å². The van der Waals surface area contributed by atoms with Crippen LogP contribution in [0.15, 0.2) is 22.7 Å². The summed E-state index contributed by atoms with van der Waals surface area (Å²) in [5.41, 5.74) is 0.609. The zero-order valence-electron chi connectivity index (χ0n) is 8.47. The molecule has 0 bridgehead atoms. The van der Waals surface area contributed by atoms with Crippen LogP contribution in [0.25, 0.3) is 0 Å². The van der Waals surface area contributed by atoms with Gasteiger partial charge in [-0.3, -0.25) is 0 Å². The van der Waals surface area contributed by atoms with Crippen molar-refractivity contribution in [1.82, 2.24) is 0 Å². The van der Waals surface area contributed by atoms with Crippen LogP contribution < -0.4 is 5.32 Å². The SMILES string of the molecule is CC1SCCC1Nc1ccc(Br)cc1F. The van der Waals surface area contributed by atoms with Gasteiger partial charge in [-0.2, -0.15) is 11.8 Å². The number of benzene rings is 1. The molecule has 1 saturated heterocycles. The van der Waals surface area contributed by atoms with E-state index in [4.69, 9.17) is 0 Å². The number of hydrogen-bond acceptors (Lipinski definition) is 2. The molecule has 2 rings (SSSR count). The van der Waals surface area contributed by atoms with Gasteiger partial charge in [-0.25, -0.2) is 4.39 Å². The molecule has 1 aromatic rings. The first kappa shape index (κ1) is 11.3. The molecule has 82 valence electrons. The monoisotopic (exact) mass is 289 g/mol. The molecule has 0 aromatic heterocycles. The van der Waals surface area contributed by atoms with Gasteiger partial charge in [0.05, 0.1) is 5.69 Å². The lowest BCUT2D eigenvalue weighted by Crippen LogP contribution is -2.25. The predicted molar refractivity (Wildman–Crippen MR) is 68.0 cm³/mol. The molecule has 0 aliphatic carbocycles. The summed E-state index contributed by atoms with van der Waals surface area (Å²) in [4.78, 5) is 0. The van der Waals surface area contributed by atoms with Crippen LogP contribution in [-0.4, -0.2) is 17.0 Å². The van der Waals surface area contributed by atoms with Crippen molar-refractivity contribution in [3.8, 4) is 0 Å². The Morgan fingerprint density at radius 2 is 2.33 bits per heavy atom.